The second kappa shape index (κ2) is 8.76. The summed E-state index contributed by atoms with van der Waals surface area (Å²) in [6.07, 6.45) is 0.881. The Kier molecular flexibility index (Phi) is 7.01. The fraction of sp³-hybridized carbons (Fsp3) is 0.467. The molecular weight excluding hydrogens is 290 g/mol. The Labute approximate surface area is 128 Å². The van der Waals surface area contributed by atoms with Gasteiger partial charge in [0.1, 0.15) is 12.2 Å². The van der Waals surface area contributed by atoms with E-state index < -0.39 is 30.1 Å². The number of hydrogen-bond donors (Lipinski definition) is 1. The smallest absolute Gasteiger partial charge is 0.310 e. The highest BCUT2D eigenvalue weighted by molar-refractivity contribution is 5.95. The molecule has 0 saturated heterocycles. The Bertz CT molecular complexity index is 525. The van der Waals surface area contributed by atoms with Gasteiger partial charge in [0, 0.05) is 24.6 Å². The molecular formula is C15H19NO6. The second-order valence-electron chi connectivity index (χ2n) is 4.65. The summed E-state index contributed by atoms with van der Waals surface area (Å²) in [5, 5.41) is 8.66. The van der Waals surface area contributed by atoms with E-state index >= 15 is 0 Å². The first-order chi connectivity index (χ1) is 10.5. The van der Waals surface area contributed by atoms with Gasteiger partial charge in [-0.15, -0.1) is 0 Å². The van der Waals surface area contributed by atoms with Crippen LogP contribution in [-0.2, 0) is 19.1 Å². The summed E-state index contributed by atoms with van der Waals surface area (Å²) in [5.74, 6) is -2.13. The van der Waals surface area contributed by atoms with Crippen LogP contribution in [-0.4, -0.2) is 41.5 Å². The summed E-state index contributed by atoms with van der Waals surface area (Å²) in [4.78, 5) is 38.0. The minimum atomic E-state index is -1.19. The standard InChI is InChI=1S/C15H19NO6/c1-3-22-15(20)7-11(6-12(17)8-14(18)19)10-4-5-13(21-2)16-9-10/h4-5,9,11H,3,6-8H2,1-2H3,(H,18,19). The van der Waals surface area contributed by atoms with Crippen LogP contribution in [0, 0.1) is 0 Å². The van der Waals surface area contributed by atoms with E-state index in [1.54, 1.807) is 19.1 Å². The van der Waals surface area contributed by atoms with Gasteiger partial charge in [-0.1, -0.05) is 6.07 Å². The van der Waals surface area contributed by atoms with Gasteiger partial charge in [0.15, 0.2) is 0 Å². The van der Waals surface area contributed by atoms with E-state index in [1.807, 2.05) is 0 Å². The molecule has 0 aliphatic rings. The number of ether oxygens (including phenoxy) is 2. The zero-order valence-electron chi connectivity index (χ0n) is 12.6. The molecule has 0 aromatic carbocycles. The van der Waals surface area contributed by atoms with Crippen LogP contribution in [0.25, 0.3) is 0 Å². The monoisotopic (exact) mass is 309 g/mol. The lowest BCUT2D eigenvalue weighted by molar-refractivity contribution is -0.143. The molecule has 1 unspecified atom stereocenters. The molecule has 1 rings (SSSR count). The number of ketones is 1. The summed E-state index contributed by atoms with van der Waals surface area (Å²) < 4.78 is 9.84. The average Bonchev–Trinajstić information content (AvgIpc) is 2.46. The molecule has 0 spiro atoms. The fourth-order valence-corrected chi connectivity index (χ4v) is 2.00. The first-order valence-corrected chi connectivity index (χ1v) is 6.85. The number of carbonyl (C=O) groups is 3. The quantitative estimate of drug-likeness (QED) is 0.545. The van der Waals surface area contributed by atoms with Crippen molar-refractivity contribution in [3.8, 4) is 5.88 Å². The molecule has 0 aliphatic heterocycles. The molecule has 1 N–H and O–H groups in total. The number of methoxy groups -OCH3 is 1. The Hall–Kier alpha value is -2.44. The fourth-order valence-electron chi connectivity index (χ4n) is 2.00. The molecule has 0 aliphatic carbocycles. The van der Waals surface area contributed by atoms with Crippen molar-refractivity contribution in [3.63, 3.8) is 0 Å². The highest BCUT2D eigenvalue weighted by atomic mass is 16.5. The predicted octanol–water partition coefficient (Wildman–Crippen LogP) is 1.56. The number of carboxylic acid groups (broad SMARTS) is 1. The van der Waals surface area contributed by atoms with Crippen molar-refractivity contribution >= 4 is 17.7 Å². The maximum Gasteiger partial charge on any atom is 0.310 e. The highest BCUT2D eigenvalue weighted by Crippen LogP contribution is 2.25. The molecule has 0 bridgehead atoms. The summed E-state index contributed by atoms with van der Waals surface area (Å²) in [7, 11) is 1.48. The van der Waals surface area contributed by atoms with E-state index in [0.29, 0.717) is 11.4 Å². The SMILES string of the molecule is CCOC(=O)CC(CC(=O)CC(=O)O)c1ccc(OC)nc1. The third-order valence-corrected chi connectivity index (χ3v) is 2.98. The van der Waals surface area contributed by atoms with Crippen LogP contribution in [0.5, 0.6) is 5.88 Å². The van der Waals surface area contributed by atoms with Gasteiger partial charge in [-0.2, -0.15) is 0 Å². The maximum absolute atomic E-state index is 11.7. The minimum Gasteiger partial charge on any atom is -0.481 e. The molecule has 0 radical (unpaired) electrons. The van der Waals surface area contributed by atoms with Crippen molar-refractivity contribution in [1.82, 2.24) is 4.98 Å². The van der Waals surface area contributed by atoms with E-state index in [4.69, 9.17) is 14.6 Å². The van der Waals surface area contributed by atoms with Crippen molar-refractivity contribution in [2.45, 2.75) is 32.1 Å². The lowest BCUT2D eigenvalue weighted by atomic mass is 9.91. The van der Waals surface area contributed by atoms with Crippen LogP contribution in [0.4, 0.5) is 0 Å². The van der Waals surface area contributed by atoms with Crippen molar-refractivity contribution in [2.24, 2.45) is 0 Å². The van der Waals surface area contributed by atoms with E-state index in [-0.39, 0.29) is 19.4 Å². The topological polar surface area (TPSA) is 103 Å². The van der Waals surface area contributed by atoms with Gasteiger partial charge in [0.25, 0.3) is 0 Å². The number of pyridine rings is 1. The number of hydrogen-bond acceptors (Lipinski definition) is 6. The third-order valence-electron chi connectivity index (χ3n) is 2.98. The summed E-state index contributed by atoms with van der Waals surface area (Å²) >= 11 is 0. The number of carboxylic acids is 1. The molecule has 0 amide bonds. The summed E-state index contributed by atoms with van der Waals surface area (Å²) in [5.41, 5.74) is 0.660. The number of aromatic nitrogens is 1. The molecule has 1 aromatic heterocycles. The van der Waals surface area contributed by atoms with Gasteiger partial charge >= 0.3 is 11.9 Å². The summed E-state index contributed by atoms with van der Waals surface area (Å²) in [6, 6.07) is 3.32. The molecule has 1 aromatic rings. The molecule has 7 heteroatoms. The number of esters is 1. The number of nitrogens with zero attached hydrogens (tertiary/aromatic N) is 1. The van der Waals surface area contributed by atoms with Gasteiger partial charge in [0.2, 0.25) is 5.88 Å². The molecule has 1 heterocycles. The normalized spacial score (nSPS) is 11.5. The van der Waals surface area contributed by atoms with Crippen LogP contribution in [0.3, 0.4) is 0 Å². The predicted molar refractivity (Wildman–Crippen MR) is 76.7 cm³/mol. The Balaban J connectivity index is 2.86. The van der Waals surface area contributed by atoms with Crippen molar-refractivity contribution < 1.29 is 29.0 Å². The van der Waals surface area contributed by atoms with Crippen molar-refractivity contribution in [1.29, 1.82) is 0 Å². The lowest BCUT2D eigenvalue weighted by Gasteiger charge is -2.15. The van der Waals surface area contributed by atoms with E-state index in [2.05, 4.69) is 4.98 Å². The Morgan fingerprint density at radius 1 is 1.27 bits per heavy atom. The highest BCUT2D eigenvalue weighted by Gasteiger charge is 2.22. The van der Waals surface area contributed by atoms with E-state index in [9.17, 15) is 14.4 Å². The first-order valence-electron chi connectivity index (χ1n) is 6.85. The maximum atomic E-state index is 11.7. The van der Waals surface area contributed by atoms with Crippen LogP contribution >= 0.6 is 0 Å². The van der Waals surface area contributed by atoms with Crippen LogP contribution in [0.2, 0.25) is 0 Å². The molecule has 1 atom stereocenters. The van der Waals surface area contributed by atoms with Crippen LogP contribution < -0.4 is 4.74 Å². The zero-order chi connectivity index (χ0) is 16.5. The van der Waals surface area contributed by atoms with Crippen molar-refractivity contribution in [3.05, 3.63) is 23.9 Å². The summed E-state index contributed by atoms with van der Waals surface area (Å²) in [6.45, 7) is 1.94. The van der Waals surface area contributed by atoms with E-state index in [0.717, 1.165) is 0 Å². The number of rotatable bonds is 9. The largest absolute Gasteiger partial charge is 0.481 e. The molecule has 120 valence electrons. The second-order valence-corrected chi connectivity index (χ2v) is 4.65. The molecule has 7 nitrogen and oxygen atoms in total. The number of aliphatic carboxylic acids is 1. The minimum absolute atomic E-state index is 0.00674. The molecule has 22 heavy (non-hydrogen) atoms. The van der Waals surface area contributed by atoms with Crippen LogP contribution in [0.1, 0.15) is 37.7 Å². The Morgan fingerprint density at radius 2 is 2.00 bits per heavy atom. The molecule has 0 saturated carbocycles. The van der Waals surface area contributed by atoms with Gasteiger partial charge in [-0.3, -0.25) is 14.4 Å². The number of Topliss-reactive ketones (excluding diaryl/α,β-unsaturated/α-hetero) is 1. The van der Waals surface area contributed by atoms with E-state index in [1.165, 1.54) is 13.3 Å². The van der Waals surface area contributed by atoms with Gasteiger partial charge < -0.3 is 14.6 Å². The van der Waals surface area contributed by atoms with Gasteiger partial charge in [-0.25, -0.2) is 4.98 Å². The van der Waals surface area contributed by atoms with Gasteiger partial charge in [0.05, 0.1) is 20.1 Å². The number of carbonyl (C=O) groups excluding carboxylic acids is 2. The first kappa shape index (κ1) is 17.6. The van der Waals surface area contributed by atoms with Crippen molar-refractivity contribution in [2.75, 3.05) is 13.7 Å². The Morgan fingerprint density at radius 3 is 2.50 bits per heavy atom. The van der Waals surface area contributed by atoms with Gasteiger partial charge in [-0.05, 0) is 12.5 Å². The zero-order valence-corrected chi connectivity index (χ0v) is 12.6. The average molecular weight is 309 g/mol. The molecule has 0 fully saturated rings. The van der Waals surface area contributed by atoms with Crippen LogP contribution in [0.15, 0.2) is 18.3 Å². The third kappa shape index (κ3) is 5.90. The lowest BCUT2D eigenvalue weighted by Crippen LogP contribution is -2.16.